The monoisotopic (exact) mass is 383 g/mol. The Hall–Kier alpha value is -1.55. The highest BCUT2D eigenvalue weighted by Crippen LogP contribution is 2.52. The fourth-order valence-corrected chi connectivity index (χ4v) is 6.14. The molecule has 2 heterocycles. The van der Waals surface area contributed by atoms with E-state index in [2.05, 4.69) is 48.0 Å². The molecule has 154 valence electrons. The minimum absolute atomic E-state index is 0.214. The molecule has 1 aromatic carbocycles. The van der Waals surface area contributed by atoms with E-state index in [1.807, 2.05) is 12.1 Å². The highest BCUT2D eigenvalue weighted by Gasteiger charge is 2.50. The second-order valence-electron chi connectivity index (χ2n) is 10.6. The molecule has 2 saturated heterocycles. The van der Waals surface area contributed by atoms with Crippen LogP contribution in [0.25, 0.3) is 0 Å². The maximum absolute atomic E-state index is 13.2. The molecule has 4 rings (SSSR count). The SMILES string of the molecule is CC1(C)CC2C[C@@](C)(CN2C(=O)c2ccc(NCCN3CCCCC3)cc2)C1. The average molecular weight is 384 g/mol. The lowest BCUT2D eigenvalue weighted by atomic mass is 9.65. The molecule has 0 radical (unpaired) electrons. The van der Waals surface area contributed by atoms with E-state index in [9.17, 15) is 4.79 Å². The van der Waals surface area contributed by atoms with Gasteiger partial charge in [0, 0.05) is 36.9 Å². The van der Waals surface area contributed by atoms with Gasteiger partial charge in [-0.3, -0.25) is 4.79 Å². The van der Waals surface area contributed by atoms with Crippen LogP contribution in [0.2, 0.25) is 0 Å². The van der Waals surface area contributed by atoms with Gasteiger partial charge in [-0.15, -0.1) is 0 Å². The molecule has 4 nitrogen and oxygen atoms in total. The van der Waals surface area contributed by atoms with Gasteiger partial charge in [-0.2, -0.15) is 0 Å². The van der Waals surface area contributed by atoms with Crippen LogP contribution in [0.4, 0.5) is 5.69 Å². The van der Waals surface area contributed by atoms with Gasteiger partial charge in [0.25, 0.3) is 5.91 Å². The van der Waals surface area contributed by atoms with Crippen molar-refractivity contribution in [2.45, 2.75) is 65.3 Å². The number of amides is 1. The topological polar surface area (TPSA) is 35.6 Å². The summed E-state index contributed by atoms with van der Waals surface area (Å²) in [5.41, 5.74) is 2.57. The molecule has 2 atom stereocenters. The average Bonchev–Trinajstić information content (AvgIpc) is 2.91. The zero-order valence-electron chi connectivity index (χ0n) is 18.0. The summed E-state index contributed by atoms with van der Waals surface area (Å²) in [5.74, 6) is 0.214. The van der Waals surface area contributed by atoms with Gasteiger partial charge in [0.05, 0.1) is 0 Å². The Bertz CT molecular complexity index is 692. The number of likely N-dealkylation sites (tertiary alicyclic amines) is 2. The van der Waals surface area contributed by atoms with E-state index in [1.54, 1.807) is 0 Å². The van der Waals surface area contributed by atoms with E-state index < -0.39 is 0 Å². The van der Waals surface area contributed by atoms with Gasteiger partial charge >= 0.3 is 0 Å². The third kappa shape index (κ3) is 4.37. The standard InChI is InChI=1S/C24H37N3O/c1-23(2)15-21-16-24(3,17-23)18-27(21)22(28)19-7-9-20(10-8-19)25-11-14-26-12-5-4-6-13-26/h7-10,21,25H,4-6,11-18H2,1-3H3/t21?,24-/m1/s1. The smallest absolute Gasteiger partial charge is 0.254 e. The molecule has 1 aromatic rings. The molecular weight excluding hydrogens is 346 g/mol. The lowest BCUT2D eigenvalue weighted by molar-refractivity contribution is 0.0708. The summed E-state index contributed by atoms with van der Waals surface area (Å²) >= 11 is 0. The molecule has 1 saturated carbocycles. The van der Waals surface area contributed by atoms with Crippen molar-refractivity contribution in [2.75, 3.05) is 38.0 Å². The van der Waals surface area contributed by atoms with E-state index in [0.717, 1.165) is 43.7 Å². The predicted molar refractivity (Wildman–Crippen MR) is 116 cm³/mol. The van der Waals surface area contributed by atoms with Crippen molar-refractivity contribution in [3.8, 4) is 0 Å². The first kappa shape index (κ1) is 19.8. The molecule has 0 spiro atoms. The van der Waals surface area contributed by atoms with Crippen molar-refractivity contribution in [3.05, 3.63) is 29.8 Å². The maximum Gasteiger partial charge on any atom is 0.254 e. The Morgan fingerprint density at radius 2 is 1.79 bits per heavy atom. The molecule has 1 unspecified atom stereocenters. The number of piperidine rings is 1. The summed E-state index contributed by atoms with van der Waals surface area (Å²) in [4.78, 5) is 17.9. The normalized spacial score (nSPS) is 29.7. The summed E-state index contributed by atoms with van der Waals surface area (Å²) < 4.78 is 0. The Morgan fingerprint density at radius 3 is 2.50 bits per heavy atom. The van der Waals surface area contributed by atoms with Gasteiger partial charge in [0.2, 0.25) is 0 Å². The summed E-state index contributed by atoms with van der Waals surface area (Å²) in [7, 11) is 0. The third-order valence-corrected chi connectivity index (χ3v) is 7.01. The zero-order valence-corrected chi connectivity index (χ0v) is 18.0. The number of rotatable bonds is 5. The summed E-state index contributed by atoms with van der Waals surface area (Å²) in [5, 5.41) is 3.51. The lowest BCUT2D eigenvalue weighted by Gasteiger charge is -2.39. The van der Waals surface area contributed by atoms with E-state index in [4.69, 9.17) is 0 Å². The van der Waals surface area contributed by atoms with Crippen LogP contribution >= 0.6 is 0 Å². The molecule has 3 fully saturated rings. The zero-order chi connectivity index (χ0) is 19.8. The Kier molecular flexibility index (Phi) is 5.43. The minimum Gasteiger partial charge on any atom is -0.384 e. The molecule has 2 bridgehead atoms. The van der Waals surface area contributed by atoms with Crippen LogP contribution in [0.3, 0.4) is 0 Å². The Balaban J connectivity index is 1.33. The van der Waals surface area contributed by atoms with Crippen molar-refractivity contribution in [3.63, 3.8) is 0 Å². The largest absolute Gasteiger partial charge is 0.384 e. The van der Waals surface area contributed by atoms with Crippen LogP contribution in [0.1, 0.15) is 69.7 Å². The van der Waals surface area contributed by atoms with Gasteiger partial charge < -0.3 is 15.1 Å². The molecule has 1 N–H and O–H groups in total. The summed E-state index contributed by atoms with van der Waals surface area (Å²) in [6, 6.07) is 8.54. The van der Waals surface area contributed by atoms with Gasteiger partial charge in [0.15, 0.2) is 0 Å². The van der Waals surface area contributed by atoms with Crippen molar-refractivity contribution >= 4 is 11.6 Å². The van der Waals surface area contributed by atoms with Gasteiger partial charge in [-0.1, -0.05) is 27.2 Å². The number of nitrogens with one attached hydrogen (secondary N) is 1. The summed E-state index contributed by atoms with van der Waals surface area (Å²) in [6.45, 7) is 12.5. The van der Waals surface area contributed by atoms with Crippen LogP contribution in [-0.2, 0) is 0 Å². The Morgan fingerprint density at radius 1 is 1.07 bits per heavy atom. The van der Waals surface area contributed by atoms with Crippen LogP contribution in [-0.4, -0.2) is 54.5 Å². The van der Waals surface area contributed by atoms with Crippen molar-refractivity contribution in [2.24, 2.45) is 10.8 Å². The van der Waals surface area contributed by atoms with Crippen LogP contribution < -0.4 is 5.32 Å². The number of nitrogens with zero attached hydrogens (tertiary/aromatic N) is 2. The van der Waals surface area contributed by atoms with Gasteiger partial charge in [-0.25, -0.2) is 0 Å². The van der Waals surface area contributed by atoms with E-state index in [1.165, 1.54) is 38.8 Å². The minimum atomic E-state index is 0.214. The highest BCUT2D eigenvalue weighted by atomic mass is 16.2. The molecule has 1 aliphatic carbocycles. The number of hydrogen-bond acceptors (Lipinski definition) is 3. The fourth-order valence-electron chi connectivity index (χ4n) is 6.14. The quantitative estimate of drug-likeness (QED) is 0.805. The first-order chi connectivity index (χ1) is 13.3. The second kappa shape index (κ2) is 7.70. The van der Waals surface area contributed by atoms with E-state index in [0.29, 0.717) is 11.5 Å². The highest BCUT2D eigenvalue weighted by molar-refractivity contribution is 5.95. The molecular formula is C24H37N3O. The number of benzene rings is 1. The molecule has 0 aromatic heterocycles. The lowest BCUT2D eigenvalue weighted by Crippen LogP contribution is -2.37. The van der Waals surface area contributed by atoms with Crippen LogP contribution in [0, 0.1) is 10.8 Å². The maximum atomic E-state index is 13.2. The number of carbonyl (C=O) groups is 1. The predicted octanol–water partition coefficient (Wildman–Crippen LogP) is 4.63. The Labute approximate surface area is 170 Å². The number of fused-ring (bicyclic) bond motifs is 2. The number of carbonyl (C=O) groups excluding carboxylic acids is 1. The number of anilines is 1. The van der Waals surface area contributed by atoms with Gasteiger partial charge in [-0.05, 0) is 80.3 Å². The van der Waals surface area contributed by atoms with Crippen molar-refractivity contribution in [1.29, 1.82) is 0 Å². The van der Waals surface area contributed by atoms with Crippen molar-refractivity contribution in [1.82, 2.24) is 9.80 Å². The molecule has 4 heteroatoms. The van der Waals surface area contributed by atoms with E-state index in [-0.39, 0.29) is 11.3 Å². The molecule has 2 aliphatic heterocycles. The van der Waals surface area contributed by atoms with Crippen LogP contribution in [0.5, 0.6) is 0 Å². The molecule has 3 aliphatic rings. The summed E-state index contributed by atoms with van der Waals surface area (Å²) in [6.07, 6.45) is 7.58. The second-order valence-corrected chi connectivity index (χ2v) is 10.6. The molecule has 28 heavy (non-hydrogen) atoms. The first-order valence-corrected chi connectivity index (χ1v) is 11.2. The first-order valence-electron chi connectivity index (χ1n) is 11.2. The van der Waals surface area contributed by atoms with Crippen molar-refractivity contribution < 1.29 is 4.79 Å². The van der Waals surface area contributed by atoms with Gasteiger partial charge in [0.1, 0.15) is 0 Å². The molecule has 1 amide bonds. The third-order valence-electron chi connectivity index (χ3n) is 7.01. The van der Waals surface area contributed by atoms with E-state index >= 15 is 0 Å². The van der Waals surface area contributed by atoms with Crippen LogP contribution in [0.15, 0.2) is 24.3 Å². The fraction of sp³-hybridized carbons (Fsp3) is 0.708. The number of hydrogen-bond donors (Lipinski definition) is 1.